The maximum absolute atomic E-state index is 13.2. The van der Waals surface area contributed by atoms with E-state index in [2.05, 4.69) is 21.2 Å². The van der Waals surface area contributed by atoms with Crippen LogP contribution >= 0.6 is 11.5 Å². The number of fused-ring (bicyclic) bond motifs is 1. The van der Waals surface area contributed by atoms with Crippen molar-refractivity contribution in [2.75, 3.05) is 63.8 Å². The molecule has 1 atom stereocenters. The molecule has 222 valence electrons. The van der Waals surface area contributed by atoms with Crippen LogP contribution in [0.25, 0.3) is 0 Å². The monoisotopic (exact) mass is 593 g/mol. The van der Waals surface area contributed by atoms with Gasteiger partial charge >= 0.3 is 5.97 Å². The van der Waals surface area contributed by atoms with Crippen molar-refractivity contribution < 1.29 is 23.9 Å². The standard InChI is InChI=1S/C30H35N5O6S/c1-5-41-30(36)26-19(2)31-29-28(27(26)20-7-6-8-22(17-20)35(37)38)23(32-42-29)11-12-33-13-15-34(16-14-33)21-9-10-24(39-3)25(18-21)40-4/h6-10,17-18,27,31H,5,11-16H2,1-4H3. The summed E-state index contributed by atoms with van der Waals surface area (Å²) in [6.07, 6.45) is 0.685. The number of piperazine rings is 1. The highest BCUT2D eigenvalue weighted by Gasteiger charge is 2.37. The van der Waals surface area contributed by atoms with E-state index in [1.807, 2.05) is 25.1 Å². The van der Waals surface area contributed by atoms with Gasteiger partial charge in [-0.2, -0.15) is 4.37 Å². The molecule has 2 aliphatic rings. The summed E-state index contributed by atoms with van der Waals surface area (Å²) in [5, 5.41) is 15.8. The summed E-state index contributed by atoms with van der Waals surface area (Å²) in [7, 11) is 3.27. The van der Waals surface area contributed by atoms with Crippen LogP contribution in [0.4, 0.5) is 16.4 Å². The van der Waals surface area contributed by atoms with Gasteiger partial charge in [0.1, 0.15) is 5.00 Å². The first-order valence-electron chi connectivity index (χ1n) is 13.9. The Morgan fingerprint density at radius 3 is 2.57 bits per heavy atom. The molecule has 42 heavy (non-hydrogen) atoms. The fraction of sp³-hybridized carbons (Fsp3) is 0.400. The summed E-state index contributed by atoms with van der Waals surface area (Å²) in [5.41, 5.74) is 4.63. The number of aromatic nitrogens is 1. The average molecular weight is 594 g/mol. The summed E-state index contributed by atoms with van der Waals surface area (Å²) in [6, 6.07) is 12.5. The second-order valence-corrected chi connectivity index (χ2v) is 10.9. The van der Waals surface area contributed by atoms with Crippen molar-refractivity contribution in [3.05, 3.63) is 80.7 Å². The third kappa shape index (κ3) is 5.90. The zero-order valence-corrected chi connectivity index (χ0v) is 25.0. The van der Waals surface area contributed by atoms with Crippen molar-refractivity contribution in [1.82, 2.24) is 9.27 Å². The van der Waals surface area contributed by atoms with Crippen molar-refractivity contribution >= 4 is 33.9 Å². The molecule has 0 spiro atoms. The molecule has 11 nitrogen and oxygen atoms in total. The highest BCUT2D eigenvalue weighted by Crippen LogP contribution is 2.46. The summed E-state index contributed by atoms with van der Waals surface area (Å²) >= 11 is 1.35. The van der Waals surface area contributed by atoms with Gasteiger partial charge in [-0.25, -0.2) is 4.79 Å². The zero-order valence-electron chi connectivity index (χ0n) is 24.2. The summed E-state index contributed by atoms with van der Waals surface area (Å²) in [6.45, 7) is 8.15. The van der Waals surface area contributed by atoms with E-state index in [1.54, 1.807) is 33.3 Å². The van der Waals surface area contributed by atoms with Crippen LogP contribution in [0.15, 0.2) is 53.7 Å². The molecule has 12 heteroatoms. The number of allylic oxidation sites excluding steroid dienone is 1. The van der Waals surface area contributed by atoms with Gasteiger partial charge in [0.25, 0.3) is 5.69 Å². The third-order valence-corrected chi connectivity index (χ3v) is 8.58. The zero-order chi connectivity index (χ0) is 29.8. The number of nitrogens with one attached hydrogen (secondary N) is 1. The van der Waals surface area contributed by atoms with Crippen LogP contribution in [0.1, 0.15) is 36.6 Å². The summed E-state index contributed by atoms with van der Waals surface area (Å²) < 4.78 is 21.1. The smallest absolute Gasteiger partial charge is 0.336 e. The number of anilines is 2. The largest absolute Gasteiger partial charge is 0.493 e. The first kappa shape index (κ1) is 29.3. The van der Waals surface area contributed by atoms with Crippen molar-refractivity contribution in [3.8, 4) is 11.5 Å². The minimum atomic E-state index is -0.518. The van der Waals surface area contributed by atoms with Crippen LogP contribution in [0.5, 0.6) is 11.5 Å². The average Bonchev–Trinajstić information content (AvgIpc) is 3.41. The topological polar surface area (TPSA) is 119 Å². The highest BCUT2D eigenvalue weighted by atomic mass is 32.1. The van der Waals surface area contributed by atoms with Crippen molar-refractivity contribution in [2.24, 2.45) is 0 Å². The molecule has 5 rings (SSSR count). The molecule has 0 radical (unpaired) electrons. The first-order chi connectivity index (χ1) is 20.3. The first-order valence-corrected chi connectivity index (χ1v) is 14.7. The molecule has 0 bridgehead atoms. The van der Waals surface area contributed by atoms with Crippen LogP contribution in [-0.2, 0) is 16.0 Å². The molecule has 1 N–H and O–H groups in total. The quantitative estimate of drug-likeness (QED) is 0.199. The predicted molar refractivity (Wildman–Crippen MR) is 162 cm³/mol. The maximum Gasteiger partial charge on any atom is 0.336 e. The predicted octanol–water partition coefficient (Wildman–Crippen LogP) is 4.83. The van der Waals surface area contributed by atoms with Crippen LogP contribution < -0.4 is 19.7 Å². The fourth-order valence-electron chi connectivity index (χ4n) is 5.64. The number of ether oxygens (including phenoxy) is 3. The number of methoxy groups -OCH3 is 2. The molecule has 3 aromatic rings. The molecule has 0 saturated carbocycles. The number of carbonyl (C=O) groups excluding carboxylic acids is 1. The van der Waals surface area contributed by atoms with Crippen molar-refractivity contribution in [1.29, 1.82) is 0 Å². The SMILES string of the molecule is CCOC(=O)C1=C(C)Nc2snc(CCN3CCN(c4ccc(OC)c(OC)c4)CC3)c2C1c1cccc([N+](=O)[O-])c1. The van der Waals surface area contributed by atoms with E-state index >= 15 is 0 Å². The lowest BCUT2D eigenvalue weighted by Crippen LogP contribution is -2.47. The molecule has 1 saturated heterocycles. The molecule has 0 amide bonds. The number of hydrogen-bond donors (Lipinski definition) is 1. The molecule has 2 aromatic carbocycles. The van der Waals surface area contributed by atoms with Gasteiger partial charge in [-0.3, -0.25) is 15.0 Å². The lowest BCUT2D eigenvalue weighted by molar-refractivity contribution is -0.384. The number of nitro groups is 1. The number of esters is 1. The number of carbonyl (C=O) groups is 1. The number of nitro benzene ring substituents is 1. The van der Waals surface area contributed by atoms with Gasteiger partial charge in [-0.05, 0) is 43.1 Å². The van der Waals surface area contributed by atoms with E-state index in [9.17, 15) is 14.9 Å². The van der Waals surface area contributed by atoms with Gasteiger partial charge in [0.05, 0.1) is 37.0 Å². The van der Waals surface area contributed by atoms with Gasteiger partial charge < -0.3 is 24.4 Å². The molecular formula is C30H35N5O6S. The van der Waals surface area contributed by atoms with E-state index in [1.165, 1.54) is 17.6 Å². The van der Waals surface area contributed by atoms with Gasteiger partial charge in [-0.15, -0.1) is 0 Å². The fourth-order valence-corrected chi connectivity index (χ4v) is 6.57. The van der Waals surface area contributed by atoms with E-state index in [0.29, 0.717) is 34.8 Å². The Bertz CT molecular complexity index is 1500. The highest BCUT2D eigenvalue weighted by molar-refractivity contribution is 7.10. The number of non-ortho nitro benzene ring substituents is 1. The van der Waals surface area contributed by atoms with Crippen molar-refractivity contribution in [2.45, 2.75) is 26.2 Å². The van der Waals surface area contributed by atoms with Gasteiger partial charge in [0.2, 0.25) is 0 Å². The Morgan fingerprint density at radius 1 is 1.12 bits per heavy atom. The molecule has 1 fully saturated rings. The Morgan fingerprint density at radius 2 is 1.88 bits per heavy atom. The number of nitrogens with zero attached hydrogens (tertiary/aromatic N) is 4. The van der Waals surface area contributed by atoms with E-state index < -0.39 is 16.8 Å². The minimum Gasteiger partial charge on any atom is -0.493 e. The van der Waals surface area contributed by atoms with Crippen molar-refractivity contribution in [3.63, 3.8) is 0 Å². The molecule has 1 aromatic heterocycles. The summed E-state index contributed by atoms with van der Waals surface area (Å²) in [5.74, 6) is 0.466. The van der Waals surface area contributed by atoms with E-state index in [0.717, 1.165) is 54.7 Å². The van der Waals surface area contributed by atoms with Gasteiger partial charge in [0, 0.05) is 80.2 Å². The van der Waals surface area contributed by atoms with Gasteiger partial charge in [-0.1, -0.05) is 12.1 Å². The molecule has 3 heterocycles. The molecule has 1 unspecified atom stereocenters. The normalized spacial score (nSPS) is 17.0. The second kappa shape index (κ2) is 12.8. The van der Waals surface area contributed by atoms with E-state index in [4.69, 9.17) is 18.6 Å². The number of benzene rings is 2. The van der Waals surface area contributed by atoms with Crippen LogP contribution in [0.2, 0.25) is 0 Å². The Labute approximate surface area is 249 Å². The Balaban J connectivity index is 1.35. The maximum atomic E-state index is 13.2. The lowest BCUT2D eigenvalue weighted by Gasteiger charge is -2.36. The van der Waals surface area contributed by atoms with Crippen LogP contribution in [0.3, 0.4) is 0 Å². The molecule has 0 aliphatic carbocycles. The van der Waals surface area contributed by atoms with Gasteiger partial charge in [0.15, 0.2) is 11.5 Å². The molecule has 2 aliphatic heterocycles. The second-order valence-electron chi connectivity index (χ2n) is 10.2. The lowest BCUT2D eigenvalue weighted by atomic mass is 9.81. The number of hydrogen-bond acceptors (Lipinski definition) is 11. The van der Waals surface area contributed by atoms with Crippen LogP contribution in [-0.4, -0.2) is 73.7 Å². The summed E-state index contributed by atoms with van der Waals surface area (Å²) in [4.78, 5) is 29.1. The number of rotatable bonds is 10. The molecular weight excluding hydrogens is 558 g/mol. The third-order valence-electron chi connectivity index (χ3n) is 7.76. The Kier molecular flexibility index (Phi) is 8.93. The Hall–Kier alpha value is -4.16. The van der Waals surface area contributed by atoms with E-state index in [-0.39, 0.29) is 12.3 Å². The van der Waals surface area contributed by atoms with Crippen LogP contribution in [0, 0.1) is 10.1 Å². The minimum absolute atomic E-state index is 0.0227.